The third kappa shape index (κ3) is 4.87. The van der Waals surface area contributed by atoms with Gasteiger partial charge in [0.2, 0.25) is 0 Å². The van der Waals surface area contributed by atoms with E-state index in [-0.39, 0.29) is 17.2 Å². The first-order chi connectivity index (χ1) is 17.6. The summed E-state index contributed by atoms with van der Waals surface area (Å²) >= 11 is 1.59. The van der Waals surface area contributed by atoms with Crippen LogP contribution in [0.4, 0.5) is 13.2 Å². The number of carbonyl (C=O) groups is 2. The minimum Gasteiger partial charge on any atom is -0.496 e. The van der Waals surface area contributed by atoms with Gasteiger partial charge < -0.3 is 24.4 Å². The summed E-state index contributed by atoms with van der Waals surface area (Å²) in [6, 6.07) is 12.9. The van der Waals surface area contributed by atoms with E-state index in [4.69, 9.17) is 9.47 Å². The van der Waals surface area contributed by atoms with Crippen LogP contribution in [0.1, 0.15) is 33.6 Å². The Bertz CT molecular complexity index is 1390. The molecule has 0 aliphatic carbocycles. The summed E-state index contributed by atoms with van der Waals surface area (Å²) in [7, 11) is 1.57. The molecule has 2 aliphatic rings. The number of ether oxygens (including phenoxy) is 3. The summed E-state index contributed by atoms with van der Waals surface area (Å²) in [5, 5.41) is 4.63. The quantitative estimate of drug-likeness (QED) is 0.464. The zero-order valence-electron chi connectivity index (χ0n) is 20.0. The van der Waals surface area contributed by atoms with Crippen LogP contribution < -0.4 is 19.5 Å². The number of fused-ring (bicyclic) bond motifs is 2. The second-order valence-electron chi connectivity index (χ2n) is 8.78. The Morgan fingerprint density at radius 2 is 1.86 bits per heavy atom. The zero-order valence-corrected chi connectivity index (χ0v) is 20.8. The number of halogens is 3. The van der Waals surface area contributed by atoms with E-state index in [1.165, 1.54) is 6.07 Å². The molecule has 3 aromatic carbocycles. The van der Waals surface area contributed by atoms with E-state index < -0.39 is 23.7 Å². The van der Waals surface area contributed by atoms with Crippen molar-refractivity contribution in [3.05, 3.63) is 59.7 Å². The Balaban J connectivity index is 1.33. The van der Waals surface area contributed by atoms with Crippen molar-refractivity contribution < 1.29 is 37.0 Å². The van der Waals surface area contributed by atoms with Crippen molar-refractivity contribution in [1.29, 1.82) is 0 Å². The number of benzene rings is 3. The molecule has 0 saturated carbocycles. The lowest BCUT2D eigenvalue weighted by molar-refractivity contribution is -0.274. The molecule has 5 rings (SSSR count). The van der Waals surface area contributed by atoms with E-state index in [0.717, 1.165) is 27.8 Å². The van der Waals surface area contributed by atoms with Crippen LogP contribution in [-0.4, -0.2) is 55.3 Å². The molecular formula is C26H23F3N2O5S. The van der Waals surface area contributed by atoms with Crippen LogP contribution in [0.2, 0.25) is 0 Å². The fraction of sp³-hybridized carbons (Fsp3) is 0.308. The Hall–Kier alpha value is -3.60. The first-order valence-electron chi connectivity index (χ1n) is 11.5. The van der Waals surface area contributed by atoms with Gasteiger partial charge in [0.25, 0.3) is 11.8 Å². The minimum atomic E-state index is -4.87. The molecule has 0 unspecified atom stereocenters. The lowest BCUT2D eigenvalue weighted by Crippen LogP contribution is -2.61. The summed E-state index contributed by atoms with van der Waals surface area (Å²) in [4.78, 5) is 28.9. The van der Waals surface area contributed by atoms with Gasteiger partial charge in [0.05, 0.1) is 12.7 Å². The van der Waals surface area contributed by atoms with Gasteiger partial charge in [-0.1, -0.05) is 12.1 Å². The number of nitrogens with zero attached hydrogens (tertiary/aromatic N) is 1. The van der Waals surface area contributed by atoms with Gasteiger partial charge in [0.15, 0.2) is 5.72 Å². The number of thioether (sulfide) groups is 1. The van der Waals surface area contributed by atoms with Crippen molar-refractivity contribution in [1.82, 2.24) is 10.2 Å². The van der Waals surface area contributed by atoms with E-state index in [0.29, 0.717) is 37.2 Å². The third-order valence-electron chi connectivity index (χ3n) is 6.54. The second-order valence-corrected chi connectivity index (χ2v) is 9.63. The number of hydrogen-bond acceptors (Lipinski definition) is 6. The highest BCUT2D eigenvalue weighted by Crippen LogP contribution is 2.38. The molecule has 1 N–H and O–H groups in total. The normalized spacial score (nSPS) is 16.7. The van der Waals surface area contributed by atoms with E-state index in [1.54, 1.807) is 29.8 Å². The SMILES string of the molecule is COc1cc(C(=O)N2CCC3(CC2)NC(=O)c2cc(OC(F)(F)F)ccc2O3)cc2c(SC)cccc12. The highest BCUT2D eigenvalue weighted by molar-refractivity contribution is 7.98. The molecule has 1 spiro atoms. The largest absolute Gasteiger partial charge is 0.573 e. The average Bonchev–Trinajstić information content (AvgIpc) is 2.87. The Kier molecular flexibility index (Phi) is 6.35. The fourth-order valence-corrected chi connectivity index (χ4v) is 5.36. The first kappa shape index (κ1) is 25.1. The summed E-state index contributed by atoms with van der Waals surface area (Å²) < 4.78 is 53.1. The molecule has 3 aromatic rings. The van der Waals surface area contributed by atoms with Crippen LogP contribution >= 0.6 is 11.8 Å². The van der Waals surface area contributed by atoms with Crippen molar-refractivity contribution in [3.63, 3.8) is 0 Å². The van der Waals surface area contributed by atoms with Crippen LogP contribution in [0.5, 0.6) is 17.2 Å². The van der Waals surface area contributed by atoms with Crippen molar-refractivity contribution in [2.45, 2.75) is 29.8 Å². The monoisotopic (exact) mass is 532 g/mol. The lowest BCUT2D eigenvalue weighted by atomic mass is 9.96. The molecular weight excluding hydrogens is 509 g/mol. The highest BCUT2D eigenvalue weighted by Gasteiger charge is 2.44. The highest BCUT2D eigenvalue weighted by atomic mass is 32.2. The van der Waals surface area contributed by atoms with Gasteiger partial charge in [-0.25, -0.2) is 0 Å². The van der Waals surface area contributed by atoms with Crippen molar-refractivity contribution in [2.75, 3.05) is 26.5 Å². The standard InChI is InChI=1S/C26H23F3N2O5S/c1-34-21-13-15(12-18-17(21)4-3-5-22(18)37-2)24(33)31-10-8-25(9-11-31)30-23(32)19-14-16(35-26(27,28)29)6-7-20(19)36-25/h3-7,12-14H,8-11H2,1-2H3,(H,30,32). The predicted octanol–water partition coefficient (Wildman–Crippen LogP) is 5.22. The van der Waals surface area contributed by atoms with Crippen molar-refractivity contribution in [3.8, 4) is 17.2 Å². The molecule has 11 heteroatoms. The van der Waals surface area contributed by atoms with Gasteiger partial charge in [-0.05, 0) is 48.0 Å². The van der Waals surface area contributed by atoms with Crippen molar-refractivity contribution >= 4 is 34.3 Å². The Labute approximate surface area is 214 Å². The topological polar surface area (TPSA) is 77.1 Å². The molecule has 1 saturated heterocycles. The maximum atomic E-state index is 13.4. The Morgan fingerprint density at radius 3 is 2.54 bits per heavy atom. The van der Waals surface area contributed by atoms with E-state index >= 15 is 0 Å². The number of rotatable bonds is 4. The van der Waals surface area contributed by atoms with E-state index in [9.17, 15) is 22.8 Å². The molecule has 194 valence electrons. The number of carbonyl (C=O) groups excluding carboxylic acids is 2. The summed E-state index contributed by atoms with van der Waals surface area (Å²) in [6.45, 7) is 0.627. The van der Waals surface area contributed by atoms with Crippen LogP contribution in [-0.2, 0) is 0 Å². The molecule has 37 heavy (non-hydrogen) atoms. The third-order valence-corrected chi connectivity index (χ3v) is 7.33. The van der Waals surface area contributed by atoms with Crippen LogP contribution in [0, 0.1) is 0 Å². The van der Waals surface area contributed by atoms with Gasteiger partial charge in [-0.3, -0.25) is 9.59 Å². The van der Waals surface area contributed by atoms with Gasteiger partial charge in [-0.15, -0.1) is 24.9 Å². The summed E-state index contributed by atoms with van der Waals surface area (Å²) in [5.41, 5.74) is -0.600. The van der Waals surface area contributed by atoms with Crippen LogP contribution in [0.25, 0.3) is 10.8 Å². The van der Waals surface area contributed by atoms with Crippen LogP contribution in [0.15, 0.2) is 53.4 Å². The molecule has 0 atom stereocenters. The average molecular weight is 533 g/mol. The van der Waals surface area contributed by atoms with Gasteiger partial charge in [0, 0.05) is 41.8 Å². The molecule has 7 nitrogen and oxygen atoms in total. The number of piperidine rings is 1. The number of alkyl halides is 3. The second kappa shape index (κ2) is 9.37. The molecule has 1 fully saturated rings. The lowest BCUT2D eigenvalue weighted by Gasteiger charge is -2.44. The van der Waals surface area contributed by atoms with Gasteiger partial charge in [0.1, 0.15) is 17.2 Å². The maximum Gasteiger partial charge on any atom is 0.573 e. The number of nitrogens with one attached hydrogen (secondary N) is 1. The summed E-state index contributed by atoms with van der Waals surface area (Å²) in [6.07, 6.45) is -2.27. The predicted molar refractivity (Wildman–Crippen MR) is 131 cm³/mol. The minimum absolute atomic E-state index is 0.0428. The smallest absolute Gasteiger partial charge is 0.496 e. The van der Waals surface area contributed by atoms with Crippen LogP contribution in [0.3, 0.4) is 0 Å². The maximum absolute atomic E-state index is 13.4. The molecule has 0 radical (unpaired) electrons. The van der Waals surface area contributed by atoms with E-state index in [1.807, 2.05) is 30.5 Å². The summed E-state index contributed by atoms with van der Waals surface area (Å²) in [5.74, 6) is -0.447. The fourth-order valence-electron chi connectivity index (χ4n) is 4.76. The Morgan fingerprint density at radius 1 is 1.11 bits per heavy atom. The first-order valence-corrected chi connectivity index (χ1v) is 12.7. The number of hydrogen-bond donors (Lipinski definition) is 1. The molecule has 0 aromatic heterocycles. The zero-order chi connectivity index (χ0) is 26.4. The number of methoxy groups -OCH3 is 1. The molecule has 0 bridgehead atoms. The van der Waals surface area contributed by atoms with Gasteiger partial charge >= 0.3 is 6.36 Å². The molecule has 2 aliphatic heterocycles. The van der Waals surface area contributed by atoms with E-state index in [2.05, 4.69) is 10.1 Å². The number of likely N-dealkylation sites (tertiary alicyclic amines) is 1. The molecule has 2 amide bonds. The van der Waals surface area contributed by atoms with Crippen molar-refractivity contribution in [2.24, 2.45) is 0 Å². The molecule has 2 heterocycles. The van der Waals surface area contributed by atoms with Gasteiger partial charge in [-0.2, -0.15) is 0 Å². The number of amides is 2.